The number of rotatable bonds is 4. The van der Waals surface area contributed by atoms with Crippen molar-refractivity contribution in [2.45, 2.75) is 45.3 Å². The van der Waals surface area contributed by atoms with E-state index in [1.807, 2.05) is 6.07 Å². The molecular formula is C15H22BrClN2. The average molecular weight is 346 g/mol. The second-order valence-corrected chi connectivity index (χ2v) is 6.79. The summed E-state index contributed by atoms with van der Waals surface area (Å²) in [6.07, 6.45) is 2.49. The van der Waals surface area contributed by atoms with Gasteiger partial charge in [0, 0.05) is 23.1 Å². The smallest absolute Gasteiger partial charge is 0.0548 e. The molecule has 4 heteroatoms. The van der Waals surface area contributed by atoms with Crippen LogP contribution in [0.3, 0.4) is 0 Å². The third-order valence-corrected chi connectivity index (χ3v) is 5.05. The van der Waals surface area contributed by atoms with Crippen LogP contribution in [0, 0.1) is 0 Å². The summed E-state index contributed by atoms with van der Waals surface area (Å²) >= 11 is 9.47. The number of likely N-dealkylation sites (tertiary alicyclic amines) is 1. The van der Waals surface area contributed by atoms with Gasteiger partial charge in [0.2, 0.25) is 0 Å². The fraction of sp³-hybridized carbons (Fsp3) is 0.600. The fourth-order valence-corrected chi connectivity index (χ4v) is 3.08. The van der Waals surface area contributed by atoms with E-state index in [9.17, 15) is 0 Å². The molecule has 0 amide bonds. The second-order valence-electron chi connectivity index (χ2n) is 5.53. The Labute approximate surface area is 129 Å². The number of benzene rings is 1. The standard InChI is InChI=1S/C15H22BrClN2/c1-11(2)19-7-5-13(6-8-19)18-10-12-3-4-15(17)14(16)9-12/h3-4,9,11,13,18H,5-8,10H2,1-2H3. The van der Waals surface area contributed by atoms with Crippen molar-refractivity contribution in [1.29, 1.82) is 0 Å². The van der Waals surface area contributed by atoms with Crippen LogP contribution < -0.4 is 5.32 Å². The highest BCUT2D eigenvalue weighted by atomic mass is 79.9. The van der Waals surface area contributed by atoms with Gasteiger partial charge in [-0.25, -0.2) is 0 Å². The van der Waals surface area contributed by atoms with E-state index >= 15 is 0 Å². The molecule has 0 spiro atoms. The molecule has 0 saturated carbocycles. The molecule has 1 fully saturated rings. The number of hydrogen-bond acceptors (Lipinski definition) is 2. The summed E-state index contributed by atoms with van der Waals surface area (Å²) in [4.78, 5) is 2.55. The maximum absolute atomic E-state index is 6.00. The monoisotopic (exact) mass is 344 g/mol. The average Bonchev–Trinajstić information content (AvgIpc) is 2.40. The Morgan fingerprint density at radius 3 is 2.63 bits per heavy atom. The molecule has 1 heterocycles. The van der Waals surface area contributed by atoms with Crippen LogP contribution in [0.4, 0.5) is 0 Å². The molecule has 0 atom stereocenters. The van der Waals surface area contributed by atoms with E-state index in [-0.39, 0.29) is 0 Å². The minimum Gasteiger partial charge on any atom is -0.310 e. The van der Waals surface area contributed by atoms with Gasteiger partial charge in [-0.15, -0.1) is 0 Å². The molecule has 0 bridgehead atoms. The quantitative estimate of drug-likeness (QED) is 0.885. The van der Waals surface area contributed by atoms with E-state index in [0.717, 1.165) is 16.0 Å². The molecule has 1 N–H and O–H groups in total. The van der Waals surface area contributed by atoms with Gasteiger partial charge in [-0.3, -0.25) is 0 Å². The molecule has 2 nitrogen and oxygen atoms in total. The Kier molecular flexibility index (Phi) is 5.70. The highest BCUT2D eigenvalue weighted by Crippen LogP contribution is 2.23. The molecule has 1 aromatic rings. The van der Waals surface area contributed by atoms with Crippen molar-refractivity contribution >= 4 is 27.5 Å². The van der Waals surface area contributed by atoms with Gasteiger partial charge in [-0.05, 0) is 73.4 Å². The minimum absolute atomic E-state index is 0.643. The highest BCUT2D eigenvalue weighted by Gasteiger charge is 2.20. The van der Waals surface area contributed by atoms with Crippen LogP contribution in [0.2, 0.25) is 5.02 Å². The van der Waals surface area contributed by atoms with Crippen molar-refractivity contribution in [3.8, 4) is 0 Å². The SMILES string of the molecule is CC(C)N1CCC(NCc2ccc(Cl)c(Br)c2)CC1. The number of nitrogens with zero attached hydrogens (tertiary/aromatic N) is 1. The van der Waals surface area contributed by atoms with Crippen molar-refractivity contribution in [2.75, 3.05) is 13.1 Å². The van der Waals surface area contributed by atoms with Gasteiger partial charge in [0.1, 0.15) is 0 Å². The van der Waals surface area contributed by atoms with Gasteiger partial charge in [-0.1, -0.05) is 17.7 Å². The van der Waals surface area contributed by atoms with E-state index in [0.29, 0.717) is 12.1 Å². The third-order valence-electron chi connectivity index (χ3n) is 3.84. The number of nitrogens with one attached hydrogen (secondary N) is 1. The van der Waals surface area contributed by atoms with E-state index in [2.05, 4.69) is 52.1 Å². The molecule has 19 heavy (non-hydrogen) atoms. The molecule has 106 valence electrons. The third kappa shape index (κ3) is 4.45. The summed E-state index contributed by atoms with van der Waals surface area (Å²) in [6, 6.07) is 7.45. The van der Waals surface area contributed by atoms with Gasteiger partial charge >= 0.3 is 0 Å². The van der Waals surface area contributed by atoms with Gasteiger partial charge in [0.05, 0.1) is 5.02 Å². The maximum Gasteiger partial charge on any atom is 0.0548 e. The molecule has 1 saturated heterocycles. The van der Waals surface area contributed by atoms with E-state index in [1.165, 1.54) is 31.5 Å². The molecule has 2 rings (SSSR count). The van der Waals surface area contributed by atoms with Crippen LogP contribution in [0.15, 0.2) is 22.7 Å². The summed E-state index contributed by atoms with van der Waals surface area (Å²) in [6.45, 7) is 7.89. The predicted octanol–water partition coefficient (Wildman–Crippen LogP) is 4.06. The lowest BCUT2D eigenvalue weighted by atomic mass is 10.0. The summed E-state index contributed by atoms with van der Waals surface area (Å²) in [7, 11) is 0. The van der Waals surface area contributed by atoms with Crippen LogP contribution in [0.1, 0.15) is 32.3 Å². The van der Waals surface area contributed by atoms with Gasteiger partial charge in [0.25, 0.3) is 0 Å². The Hall–Kier alpha value is -0.0900. The lowest BCUT2D eigenvalue weighted by molar-refractivity contribution is 0.161. The Morgan fingerprint density at radius 1 is 1.37 bits per heavy atom. The summed E-state index contributed by atoms with van der Waals surface area (Å²) in [5, 5.41) is 4.43. The molecule has 1 aliphatic heterocycles. The predicted molar refractivity (Wildman–Crippen MR) is 85.7 cm³/mol. The Bertz CT molecular complexity index is 415. The van der Waals surface area contributed by atoms with Crippen molar-refractivity contribution in [1.82, 2.24) is 10.2 Å². The topological polar surface area (TPSA) is 15.3 Å². The van der Waals surface area contributed by atoms with Crippen LogP contribution in [-0.2, 0) is 6.54 Å². The molecule has 0 aliphatic carbocycles. The lowest BCUT2D eigenvalue weighted by Gasteiger charge is -2.35. The number of halogens is 2. The number of piperidine rings is 1. The first-order valence-corrected chi connectivity index (χ1v) is 8.14. The first-order valence-electron chi connectivity index (χ1n) is 6.97. The summed E-state index contributed by atoms with van der Waals surface area (Å²) in [5.41, 5.74) is 1.28. The largest absolute Gasteiger partial charge is 0.310 e. The van der Waals surface area contributed by atoms with Crippen LogP contribution in [0.25, 0.3) is 0 Å². The van der Waals surface area contributed by atoms with Crippen molar-refractivity contribution in [2.24, 2.45) is 0 Å². The van der Waals surface area contributed by atoms with E-state index in [1.54, 1.807) is 0 Å². The van der Waals surface area contributed by atoms with Crippen molar-refractivity contribution < 1.29 is 0 Å². The molecule has 0 unspecified atom stereocenters. The Balaban J connectivity index is 1.79. The minimum atomic E-state index is 0.643. The molecule has 0 aromatic heterocycles. The molecule has 1 aliphatic rings. The fourth-order valence-electron chi connectivity index (χ4n) is 2.53. The van der Waals surface area contributed by atoms with Gasteiger partial charge < -0.3 is 10.2 Å². The van der Waals surface area contributed by atoms with Crippen LogP contribution >= 0.6 is 27.5 Å². The number of hydrogen-bond donors (Lipinski definition) is 1. The molecular weight excluding hydrogens is 324 g/mol. The van der Waals surface area contributed by atoms with Gasteiger partial charge in [-0.2, -0.15) is 0 Å². The molecule has 1 aromatic carbocycles. The summed E-state index contributed by atoms with van der Waals surface area (Å²) < 4.78 is 0.975. The van der Waals surface area contributed by atoms with Crippen LogP contribution in [0.5, 0.6) is 0 Å². The zero-order valence-corrected chi connectivity index (χ0v) is 14.0. The maximum atomic E-state index is 6.00. The van der Waals surface area contributed by atoms with E-state index < -0.39 is 0 Å². The normalized spacial score (nSPS) is 18.2. The molecule has 0 radical (unpaired) electrons. The zero-order valence-electron chi connectivity index (χ0n) is 11.6. The first kappa shape index (κ1) is 15.3. The lowest BCUT2D eigenvalue weighted by Crippen LogP contribution is -2.44. The van der Waals surface area contributed by atoms with Crippen molar-refractivity contribution in [3.05, 3.63) is 33.3 Å². The highest BCUT2D eigenvalue weighted by molar-refractivity contribution is 9.10. The second kappa shape index (κ2) is 7.07. The van der Waals surface area contributed by atoms with Gasteiger partial charge in [0.15, 0.2) is 0 Å². The summed E-state index contributed by atoms with van der Waals surface area (Å²) in [5.74, 6) is 0. The Morgan fingerprint density at radius 2 is 2.05 bits per heavy atom. The zero-order chi connectivity index (χ0) is 13.8. The van der Waals surface area contributed by atoms with Crippen molar-refractivity contribution in [3.63, 3.8) is 0 Å². The van der Waals surface area contributed by atoms with E-state index in [4.69, 9.17) is 11.6 Å². The van der Waals surface area contributed by atoms with Crippen LogP contribution in [-0.4, -0.2) is 30.1 Å². The first-order chi connectivity index (χ1) is 9.06.